The Kier molecular flexibility index (Phi) is 7.56. The van der Waals surface area contributed by atoms with E-state index in [1.165, 1.54) is 23.4 Å². The first-order chi connectivity index (χ1) is 21.2. The highest BCUT2D eigenvalue weighted by molar-refractivity contribution is 5.92. The van der Waals surface area contributed by atoms with Crippen LogP contribution in [0, 0.1) is 11.3 Å². The first kappa shape index (κ1) is 28.6. The maximum Gasteiger partial charge on any atom is 0.423 e. The normalized spacial score (nSPS) is 16.4. The molecule has 1 amide bonds. The summed E-state index contributed by atoms with van der Waals surface area (Å²) < 4.78 is 47.6. The van der Waals surface area contributed by atoms with Crippen LogP contribution in [-0.2, 0) is 12.7 Å². The largest absolute Gasteiger partial charge is 0.461 e. The molecule has 1 atom stereocenters. The monoisotopic (exact) mass is 603 g/mol. The SMILES string of the molecule is N#Cc1ccc(N2CCN(C(=O)c3ccnc(OCC4c5ccccc5CN4c4cn[nH]c(=O)c4C(F)(F)F)n3)CC2)nc1. The van der Waals surface area contributed by atoms with E-state index in [1.54, 1.807) is 41.3 Å². The Morgan fingerprint density at radius 2 is 1.86 bits per heavy atom. The lowest BCUT2D eigenvalue weighted by Gasteiger charge is -2.35. The molecular formula is C29H24F3N9O3. The zero-order valence-electron chi connectivity index (χ0n) is 23.0. The number of fused-ring (bicyclic) bond motifs is 1. The lowest BCUT2D eigenvalue weighted by atomic mass is 10.1. The molecule has 2 aliphatic heterocycles. The van der Waals surface area contributed by atoms with Crippen LogP contribution in [-0.4, -0.2) is 68.7 Å². The van der Waals surface area contributed by atoms with Crippen molar-refractivity contribution in [2.45, 2.75) is 18.8 Å². The van der Waals surface area contributed by atoms with Crippen molar-refractivity contribution in [3.8, 4) is 12.1 Å². The van der Waals surface area contributed by atoms with Gasteiger partial charge in [0.05, 0.1) is 23.5 Å². The number of nitrogens with zero attached hydrogens (tertiary/aromatic N) is 8. The van der Waals surface area contributed by atoms with Gasteiger partial charge in [-0.1, -0.05) is 24.3 Å². The van der Waals surface area contributed by atoms with Gasteiger partial charge in [0.25, 0.3) is 11.5 Å². The number of hydrogen-bond donors (Lipinski definition) is 1. The summed E-state index contributed by atoms with van der Waals surface area (Å²) in [7, 11) is 0. The van der Waals surface area contributed by atoms with Crippen LogP contribution in [0.4, 0.5) is 24.7 Å². The Bertz CT molecular complexity index is 1780. The molecule has 5 heterocycles. The van der Waals surface area contributed by atoms with E-state index < -0.39 is 23.3 Å². The number of hydrogen-bond acceptors (Lipinski definition) is 10. The Hall–Kier alpha value is -5.52. The molecule has 12 nitrogen and oxygen atoms in total. The van der Waals surface area contributed by atoms with Gasteiger partial charge in [0.15, 0.2) is 0 Å². The average Bonchev–Trinajstić information content (AvgIpc) is 3.41. The fraction of sp³-hybridized carbons (Fsp3) is 0.276. The molecule has 44 heavy (non-hydrogen) atoms. The maximum atomic E-state index is 13.9. The number of carbonyl (C=O) groups excluding carboxylic acids is 1. The minimum Gasteiger partial charge on any atom is -0.461 e. The smallest absolute Gasteiger partial charge is 0.423 e. The van der Waals surface area contributed by atoms with Gasteiger partial charge >= 0.3 is 12.2 Å². The highest BCUT2D eigenvalue weighted by Gasteiger charge is 2.42. The number of nitrogens with one attached hydrogen (secondary N) is 1. The molecule has 1 unspecified atom stereocenters. The van der Waals surface area contributed by atoms with Crippen LogP contribution >= 0.6 is 0 Å². The Morgan fingerprint density at radius 1 is 1.07 bits per heavy atom. The number of ether oxygens (including phenoxy) is 1. The molecule has 0 bridgehead atoms. The molecule has 6 rings (SSSR count). The molecule has 0 aliphatic carbocycles. The van der Waals surface area contributed by atoms with Gasteiger partial charge in [0.1, 0.15) is 29.8 Å². The Balaban J connectivity index is 1.16. The molecule has 0 radical (unpaired) electrons. The van der Waals surface area contributed by atoms with E-state index in [1.807, 2.05) is 16.1 Å². The topological polar surface area (TPSA) is 144 Å². The molecule has 0 saturated carbocycles. The van der Waals surface area contributed by atoms with Gasteiger partial charge < -0.3 is 19.4 Å². The third-order valence-electron chi connectivity index (χ3n) is 7.55. The Labute approximate surface area is 248 Å². The van der Waals surface area contributed by atoms with Crippen molar-refractivity contribution in [1.82, 2.24) is 30.0 Å². The van der Waals surface area contributed by atoms with E-state index in [4.69, 9.17) is 10.00 Å². The number of H-pyrrole nitrogens is 1. The van der Waals surface area contributed by atoms with Gasteiger partial charge in [-0.2, -0.15) is 28.5 Å². The zero-order valence-corrected chi connectivity index (χ0v) is 23.0. The van der Waals surface area contributed by atoms with E-state index in [9.17, 15) is 22.8 Å². The molecule has 0 spiro atoms. The third-order valence-corrected chi connectivity index (χ3v) is 7.55. The molecule has 4 aromatic rings. The van der Waals surface area contributed by atoms with E-state index >= 15 is 0 Å². The quantitative estimate of drug-likeness (QED) is 0.349. The number of rotatable bonds is 6. The number of piperazine rings is 1. The number of nitriles is 1. The van der Waals surface area contributed by atoms with E-state index in [0.29, 0.717) is 31.7 Å². The molecule has 1 N–H and O–H groups in total. The van der Waals surface area contributed by atoms with Crippen molar-refractivity contribution in [1.29, 1.82) is 5.26 Å². The van der Waals surface area contributed by atoms with Gasteiger partial charge in [-0.25, -0.2) is 15.1 Å². The average molecular weight is 604 g/mol. The number of aromatic nitrogens is 5. The van der Waals surface area contributed by atoms with Crippen molar-refractivity contribution in [3.63, 3.8) is 0 Å². The first-order valence-corrected chi connectivity index (χ1v) is 13.6. The van der Waals surface area contributed by atoms with Crippen LogP contribution < -0.4 is 20.1 Å². The summed E-state index contributed by atoms with van der Waals surface area (Å²) in [4.78, 5) is 43.2. The summed E-state index contributed by atoms with van der Waals surface area (Å²) in [6.45, 7) is 1.84. The van der Waals surface area contributed by atoms with Crippen LogP contribution in [0.3, 0.4) is 0 Å². The second kappa shape index (κ2) is 11.6. The summed E-state index contributed by atoms with van der Waals surface area (Å²) in [6.07, 6.45) is -1.04. The third kappa shape index (κ3) is 5.61. The molecule has 2 aliphatic rings. The number of carbonyl (C=O) groups is 1. The number of pyridine rings is 1. The number of amides is 1. The Morgan fingerprint density at radius 3 is 2.59 bits per heavy atom. The fourth-order valence-electron chi connectivity index (χ4n) is 5.40. The predicted molar refractivity (Wildman–Crippen MR) is 150 cm³/mol. The van der Waals surface area contributed by atoms with Crippen molar-refractivity contribution < 1.29 is 22.7 Å². The van der Waals surface area contributed by atoms with E-state index in [-0.39, 0.29) is 36.5 Å². The van der Waals surface area contributed by atoms with Crippen LogP contribution in [0.5, 0.6) is 6.01 Å². The highest BCUT2D eigenvalue weighted by atomic mass is 19.4. The number of halogens is 3. The number of anilines is 2. The second-order valence-electron chi connectivity index (χ2n) is 10.1. The second-order valence-corrected chi connectivity index (χ2v) is 10.1. The lowest BCUT2D eigenvalue weighted by Crippen LogP contribution is -2.49. The molecule has 1 fully saturated rings. The standard InChI is InChI=1S/C29H24F3N9O3/c30-29(31,32)25-22(15-36-38-26(25)42)41-16-19-3-1-2-4-20(19)23(41)17-44-28-34-8-7-21(37-28)27(43)40-11-9-39(10-12-40)24-6-5-18(13-33)14-35-24/h1-8,14-15,23H,9-12,16-17H2,(H,38,42). The van der Waals surface area contributed by atoms with Crippen molar-refractivity contribution >= 4 is 17.4 Å². The molecule has 224 valence electrons. The maximum absolute atomic E-state index is 13.9. The van der Waals surface area contributed by atoms with Gasteiger partial charge in [-0.15, -0.1) is 0 Å². The molecule has 1 saturated heterocycles. The minimum atomic E-state index is -4.91. The first-order valence-electron chi connectivity index (χ1n) is 13.6. The molecule has 1 aromatic carbocycles. The van der Waals surface area contributed by atoms with E-state index in [2.05, 4.69) is 20.1 Å². The molecule has 3 aromatic heterocycles. The number of benzene rings is 1. The summed E-state index contributed by atoms with van der Waals surface area (Å²) in [5, 5.41) is 14.5. The van der Waals surface area contributed by atoms with Crippen LogP contribution in [0.15, 0.2) is 65.8 Å². The summed E-state index contributed by atoms with van der Waals surface area (Å²) >= 11 is 0. The van der Waals surface area contributed by atoms with Crippen LogP contribution in [0.1, 0.15) is 38.8 Å². The zero-order chi connectivity index (χ0) is 30.8. The van der Waals surface area contributed by atoms with Gasteiger partial charge in [0, 0.05) is 45.1 Å². The van der Waals surface area contributed by atoms with Gasteiger partial charge in [-0.3, -0.25) is 9.59 Å². The highest BCUT2D eigenvalue weighted by Crippen LogP contribution is 2.42. The predicted octanol–water partition coefficient (Wildman–Crippen LogP) is 2.95. The molecular weight excluding hydrogens is 579 g/mol. The summed E-state index contributed by atoms with van der Waals surface area (Å²) in [5.41, 5.74) is -0.976. The van der Waals surface area contributed by atoms with Gasteiger partial charge in [-0.05, 0) is 29.3 Å². The number of alkyl halides is 3. The summed E-state index contributed by atoms with van der Waals surface area (Å²) in [6, 6.07) is 13.3. The molecule has 15 heteroatoms. The lowest BCUT2D eigenvalue weighted by molar-refractivity contribution is -0.138. The van der Waals surface area contributed by atoms with Crippen molar-refractivity contribution in [2.24, 2.45) is 0 Å². The van der Waals surface area contributed by atoms with Crippen molar-refractivity contribution in [2.75, 3.05) is 42.6 Å². The fourth-order valence-corrected chi connectivity index (χ4v) is 5.40. The summed E-state index contributed by atoms with van der Waals surface area (Å²) in [5.74, 6) is 0.400. The van der Waals surface area contributed by atoms with Crippen LogP contribution in [0.2, 0.25) is 0 Å². The van der Waals surface area contributed by atoms with E-state index in [0.717, 1.165) is 23.1 Å². The van der Waals surface area contributed by atoms with Gasteiger partial charge in [0.2, 0.25) is 0 Å². The minimum absolute atomic E-state index is 0.0990. The van der Waals surface area contributed by atoms with Crippen LogP contribution in [0.25, 0.3) is 0 Å². The van der Waals surface area contributed by atoms with Crippen molar-refractivity contribution in [3.05, 3.63) is 99.4 Å². The number of aromatic amines is 1.